The Kier molecular flexibility index (Phi) is 6.69. The van der Waals surface area contributed by atoms with Gasteiger partial charge in [0.05, 0.1) is 26.7 Å². The molecule has 3 aromatic rings. The van der Waals surface area contributed by atoms with E-state index in [1.807, 2.05) is 42.1 Å². The van der Waals surface area contributed by atoms with Gasteiger partial charge in [-0.25, -0.2) is 0 Å². The molecule has 0 spiro atoms. The van der Waals surface area contributed by atoms with Crippen LogP contribution in [0.1, 0.15) is 40.6 Å². The number of phenols is 1. The van der Waals surface area contributed by atoms with Gasteiger partial charge in [0.1, 0.15) is 0 Å². The second-order valence-corrected chi connectivity index (χ2v) is 10.4. The predicted molar refractivity (Wildman–Crippen MR) is 143 cm³/mol. The van der Waals surface area contributed by atoms with Crippen molar-refractivity contribution in [1.82, 2.24) is 9.88 Å². The molecule has 2 aromatic carbocycles. The molecular formula is C30H32N2O8. The van der Waals surface area contributed by atoms with Gasteiger partial charge in [0.2, 0.25) is 18.4 Å². The SMILES string of the molecule is COc1cc([C@@H]2c3cc4c(cc3[C@@H](CC(=O)NCCc3cccn3C)[C@H]3COC(=O)[C@H]23)OCO4)cc(OC)c1O. The maximum absolute atomic E-state index is 13.3. The third kappa shape index (κ3) is 4.37. The number of methoxy groups -OCH3 is 2. The number of carbonyl (C=O) groups is 2. The van der Waals surface area contributed by atoms with Crippen molar-refractivity contribution < 1.29 is 38.4 Å². The largest absolute Gasteiger partial charge is 0.502 e. The number of fused-ring (bicyclic) bond motifs is 3. The van der Waals surface area contributed by atoms with Gasteiger partial charge in [-0.3, -0.25) is 9.59 Å². The Morgan fingerprint density at radius 2 is 1.77 bits per heavy atom. The lowest BCUT2D eigenvalue weighted by Gasteiger charge is -2.39. The highest BCUT2D eigenvalue weighted by atomic mass is 16.7. The molecule has 2 N–H and O–H groups in total. The molecule has 3 aliphatic rings. The molecular weight excluding hydrogens is 516 g/mol. The zero-order valence-electron chi connectivity index (χ0n) is 22.6. The van der Waals surface area contributed by atoms with E-state index < -0.39 is 11.8 Å². The monoisotopic (exact) mass is 548 g/mol. The van der Waals surface area contributed by atoms with Crippen molar-refractivity contribution in [3.8, 4) is 28.7 Å². The van der Waals surface area contributed by atoms with Crippen LogP contribution in [0.25, 0.3) is 0 Å². The Hall–Kier alpha value is -4.34. The summed E-state index contributed by atoms with van der Waals surface area (Å²) < 4.78 is 29.9. The molecule has 10 nitrogen and oxygen atoms in total. The first-order chi connectivity index (χ1) is 19.4. The van der Waals surface area contributed by atoms with Gasteiger partial charge in [-0.15, -0.1) is 0 Å². The second kappa shape index (κ2) is 10.3. The standard InChI is InChI=1S/C30H32N2O8/c1-32-8-4-5-17(32)6-7-31-26(33)13-19-18-11-22-23(40-15-39-22)12-20(18)27(28-21(19)14-38-30(28)35)16-9-24(36-2)29(34)25(10-16)37-3/h4-5,8-12,19,21,27-28,34H,6-7,13-15H2,1-3H3,(H,31,33)/t19-,21-,27-,28+/m1/s1. The number of nitrogens with zero attached hydrogens (tertiary/aromatic N) is 1. The third-order valence-electron chi connectivity index (χ3n) is 8.36. The second-order valence-electron chi connectivity index (χ2n) is 10.4. The summed E-state index contributed by atoms with van der Waals surface area (Å²) in [6.45, 7) is 0.821. The number of rotatable bonds is 8. The maximum Gasteiger partial charge on any atom is 0.310 e. The fourth-order valence-corrected chi connectivity index (χ4v) is 6.39. The average molecular weight is 549 g/mol. The molecule has 210 valence electrons. The molecule has 10 heteroatoms. The number of hydrogen-bond acceptors (Lipinski definition) is 8. The van der Waals surface area contributed by atoms with Gasteiger partial charge in [0.25, 0.3) is 0 Å². The minimum atomic E-state index is -0.548. The zero-order valence-corrected chi connectivity index (χ0v) is 22.6. The maximum atomic E-state index is 13.3. The molecule has 0 saturated carbocycles. The number of nitrogens with one attached hydrogen (secondary N) is 1. The Bertz CT molecular complexity index is 1440. The molecule has 1 saturated heterocycles. The highest BCUT2D eigenvalue weighted by molar-refractivity contribution is 5.81. The van der Waals surface area contributed by atoms with E-state index in [1.54, 1.807) is 12.1 Å². The van der Waals surface area contributed by atoms with Crippen LogP contribution in [0.4, 0.5) is 0 Å². The lowest BCUT2D eigenvalue weighted by molar-refractivity contribution is -0.141. The van der Waals surface area contributed by atoms with Crippen LogP contribution in [0.5, 0.6) is 28.7 Å². The van der Waals surface area contributed by atoms with Crippen LogP contribution in [0, 0.1) is 11.8 Å². The van der Waals surface area contributed by atoms with Crippen LogP contribution in [-0.4, -0.2) is 55.7 Å². The van der Waals surface area contributed by atoms with Gasteiger partial charge in [-0.05, 0) is 59.0 Å². The number of aromatic nitrogens is 1. The first kappa shape index (κ1) is 25.9. The Balaban J connectivity index is 1.38. The Morgan fingerprint density at radius 1 is 1.07 bits per heavy atom. The number of aromatic hydroxyl groups is 1. The van der Waals surface area contributed by atoms with Crippen molar-refractivity contribution in [2.45, 2.75) is 24.7 Å². The van der Waals surface area contributed by atoms with E-state index in [1.165, 1.54) is 14.2 Å². The van der Waals surface area contributed by atoms with Gasteiger partial charge in [-0.1, -0.05) is 0 Å². The van der Waals surface area contributed by atoms with E-state index in [0.717, 1.165) is 28.8 Å². The smallest absolute Gasteiger partial charge is 0.310 e. The summed E-state index contributed by atoms with van der Waals surface area (Å²) >= 11 is 0. The lowest BCUT2D eigenvalue weighted by Crippen LogP contribution is -2.37. The topological polar surface area (TPSA) is 117 Å². The van der Waals surface area contributed by atoms with Gasteiger partial charge in [-0.2, -0.15) is 0 Å². The Labute approximate surface area is 231 Å². The van der Waals surface area contributed by atoms with Crippen LogP contribution in [0.3, 0.4) is 0 Å². The molecule has 1 fully saturated rings. The van der Waals surface area contributed by atoms with E-state index in [-0.39, 0.29) is 60.8 Å². The van der Waals surface area contributed by atoms with Gasteiger partial charge in [0, 0.05) is 50.2 Å². The van der Waals surface area contributed by atoms with Crippen LogP contribution >= 0.6 is 0 Å². The summed E-state index contributed by atoms with van der Waals surface area (Å²) in [6, 6.07) is 11.3. The molecule has 40 heavy (non-hydrogen) atoms. The number of cyclic esters (lactones) is 1. The number of benzene rings is 2. The van der Waals surface area contributed by atoms with Gasteiger partial charge < -0.3 is 38.7 Å². The minimum absolute atomic E-state index is 0.0904. The number of hydrogen-bond donors (Lipinski definition) is 2. The van der Waals surface area contributed by atoms with Crippen molar-refractivity contribution in [3.63, 3.8) is 0 Å². The Morgan fingerprint density at radius 3 is 2.42 bits per heavy atom. The van der Waals surface area contributed by atoms with Crippen molar-refractivity contribution in [2.24, 2.45) is 18.9 Å². The zero-order chi connectivity index (χ0) is 28.0. The molecule has 0 unspecified atom stereocenters. The predicted octanol–water partition coefficient (Wildman–Crippen LogP) is 3.24. The average Bonchev–Trinajstić information content (AvgIpc) is 3.68. The van der Waals surface area contributed by atoms with Crippen molar-refractivity contribution in [3.05, 3.63) is 65.0 Å². The quantitative estimate of drug-likeness (QED) is 0.412. The molecule has 1 aromatic heterocycles. The molecule has 1 aliphatic carbocycles. The summed E-state index contributed by atoms with van der Waals surface area (Å²) in [5, 5.41) is 13.6. The minimum Gasteiger partial charge on any atom is -0.502 e. The number of carbonyl (C=O) groups excluding carboxylic acids is 2. The lowest BCUT2D eigenvalue weighted by atomic mass is 9.62. The van der Waals surface area contributed by atoms with E-state index in [9.17, 15) is 14.7 Å². The van der Waals surface area contributed by atoms with Crippen LogP contribution in [0.15, 0.2) is 42.6 Å². The number of aryl methyl sites for hydroxylation is 1. The first-order valence-electron chi connectivity index (χ1n) is 13.3. The summed E-state index contributed by atoms with van der Waals surface area (Å²) in [6.07, 6.45) is 2.90. The van der Waals surface area contributed by atoms with Crippen LogP contribution in [0.2, 0.25) is 0 Å². The normalized spacial score (nSPS) is 22.3. The summed E-state index contributed by atoms with van der Waals surface area (Å²) in [5.41, 5.74) is 3.62. The highest BCUT2D eigenvalue weighted by Gasteiger charge is 2.52. The molecule has 0 bridgehead atoms. The summed E-state index contributed by atoms with van der Waals surface area (Å²) in [5.74, 6) is -0.371. The molecule has 1 amide bonds. The number of phenolic OH excluding ortho intramolecular Hbond substituents is 1. The molecule has 4 atom stereocenters. The third-order valence-corrected chi connectivity index (χ3v) is 8.36. The number of amides is 1. The molecule has 0 radical (unpaired) electrons. The van der Waals surface area contributed by atoms with Crippen molar-refractivity contribution >= 4 is 11.9 Å². The molecule has 2 aliphatic heterocycles. The van der Waals surface area contributed by atoms with E-state index >= 15 is 0 Å². The van der Waals surface area contributed by atoms with Gasteiger partial charge >= 0.3 is 5.97 Å². The number of ether oxygens (including phenoxy) is 5. The number of esters is 1. The van der Waals surface area contributed by atoms with E-state index in [2.05, 4.69) is 5.32 Å². The van der Waals surface area contributed by atoms with E-state index in [4.69, 9.17) is 23.7 Å². The van der Waals surface area contributed by atoms with Gasteiger partial charge in [0.15, 0.2) is 23.0 Å². The van der Waals surface area contributed by atoms with Crippen LogP contribution in [-0.2, 0) is 27.8 Å². The van der Waals surface area contributed by atoms with Crippen LogP contribution < -0.4 is 24.3 Å². The van der Waals surface area contributed by atoms with Crippen molar-refractivity contribution in [1.29, 1.82) is 0 Å². The highest BCUT2D eigenvalue weighted by Crippen LogP contribution is 2.56. The van der Waals surface area contributed by atoms with E-state index in [0.29, 0.717) is 18.0 Å². The fraction of sp³-hybridized carbons (Fsp3) is 0.400. The fourth-order valence-electron chi connectivity index (χ4n) is 6.39. The first-order valence-corrected chi connectivity index (χ1v) is 13.3. The molecule has 6 rings (SSSR count). The van der Waals surface area contributed by atoms with Crippen molar-refractivity contribution in [2.75, 3.05) is 34.2 Å². The summed E-state index contributed by atoms with van der Waals surface area (Å²) in [4.78, 5) is 26.5. The summed E-state index contributed by atoms with van der Waals surface area (Å²) in [7, 11) is 4.90. The molecule has 3 heterocycles.